The van der Waals surface area contributed by atoms with E-state index in [2.05, 4.69) is 26.1 Å². The number of nitrogens with zero attached hydrogens (tertiary/aromatic N) is 1. The highest BCUT2D eigenvalue weighted by Crippen LogP contribution is 2.15. The quantitative estimate of drug-likeness (QED) is 0.0487. The number of nitrogens with one attached hydrogen (secondary N) is 1. The van der Waals surface area contributed by atoms with Crippen molar-refractivity contribution in [3.05, 3.63) is 0 Å². The van der Waals surface area contributed by atoms with Crippen molar-refractivity contribution < 1.29 is 28.7 Å². The van der Waals surface area contributed by atoms with Crippen molar-refractivity contribution in [1.82, 2.24) is 10.2 Å². The monoisotopic (exact) mass is 793 g/mol. The van der Waals surface area contributed by atoms with Crippen LogP contribution in [0, 0.1) is 0 Å². The van der Waals surface area contributed by atoms with E-state index in [0.29, 0.717) is 19.4 Å². The first-order valence-corrected chi connectivity index (χ1v) is 24.3. The molecule has 2 amide bonds. The summed E-state index contributed by atoms with van der Waals surface area (Å²) in [7, 11) is 0. The van der Waals surface area contributed by atoms with Crippen LogP contribution in [0.3, 0.4) is 0 Å². The fourth-order valence-corrected chi connectivity index (χ4v) is 7.20. The first kappa shape index (κ1) is 53.9. The number of carbonyl (C=O) groups excluding carboxylic acids is 4. The van der Waals surface area contributed by atoms with E-state index in [1.54, 1.807) is 4.90 Å². The van der Waals surface area contributed by atoms with Gasteiger partial charge in [0.1, 0.15) is 13.2 Å². The Balaban J connectivity index is 4.17. The van der Waals surface area contributed by atoms with Crippen LogP contribution in [0.5, 0.6) is 0 Å². The number of amides is 2. The number of carbonyl (C=O) groups is 4. The van der Waals surface area contributed by atoms with Gasteiger partial charge in [0.25, 0.3) is 0 Å². The molecule has 0 saturated heterocycles. The van der Waals surface area contributed by atoms with E-state index in [9.17, 15) is 19.2 Å². The zero-order valence-corrected chi connectivity index (χ0v) is 37.4. The van der Waals surface area contributed by atoms with E-state index in [1.807, 2.05) is 0 Å². The molecular formula is C48H92N2O6. The van der Waals surface area contributed by atoms with Crippen LogP contribution in [-0.4, -0.2) is 61.5 Å². The summed E-state index contributed by atoms with van der Waals surface area (Å²) in [4.78, 5) is 51.6. The van der Waals surface area contributed by atoms with Gasteiger partial charge in [-0.25, -0.2) is 0 Å². The van der Waals surface area contributed by atoms with Gasteiger partial charge in [0.2, 0.25) is 11.8 Å². The van der Waals surface area contributed by atoms with Crippen LogP contribution < -0.4 is 5.32 Å². The summed E-state index contributed by atoms with van der Waals surface area (Å²) in [5.41, 5.74) is 0. The predicted octanol–water partition coefficient (Wildman–Crippen LogP) is 13.1. The standard InChI is InChI=1S/C48H92N2O6/c1-4-7-10-12-14-16-18-20-22-24-26-28-30-32-34-36-47(53)55-43-41-50(46(52)39-38-45(51)49-40-9-6-3)42-44-56-48(54)37-35-33-31-29-27-25-23-21-19-17-15-13-11-8-5-2/h4-44H2,1-3H3,(H,49,51). The summed E-state index contributed by atoms with van der Waals surface area (Å²) in [6.07, 6.45) is 41.2. The number of hydrogen-bond donors (Lipinski definition) is 1. The number of unbranched alkanes of at least 4 members (excludes halogenated alkanes) is 29. The van der Waals surface area contributed by atoms with Crippen LogP contribution in [0.4, 0.5) is 0 Å². The lowest BCUT2D eigenvalue weighted by Crippen LogP contribution is -2.38. The highest BCUT2D eigenvalue weighted by molar-refractivity contribution is 5.83. The predicted molar refractivity (Wildman–Crippen MR) is 235 cm³/mol. The van der Waals surface area contributed by atoms with E-state index in [0.717, 1.165) is 51.4 Å². The molecule has 0 rings (SSSR count). The molecule has 0 saturated carbocycles. The molecule has 0 aromatic carbocycles. The number of esters is 2. The highest BCUT2D eigenvalue weighted by Gasteiger charge is 2.17. The molecule has 0 aliphatic carbocycles. The van der Waals surface area contributed by atoms with Gasteiger partial charge in [0, 0.05) is 32.2 Å². The first-order chi connectivity index (χ1) is 27.4. The van der Waals surface area contributed by atoms with Crippen LogP contribution in [0.2, 0.25) is 0 Å². The Bertz CT molecular complexity index is 845. The van der Waals surface area contributed by atoms with Crippen LogP contribution in [0.25, 0.3) is 0 Å². The van der Waals surface area contributed by atoms with E-state index in [4.69, 9.17) is 9.47 Å². The van der Waals surface area contributed by atoms with E-state index in [1.165, 1.54) is 154 Å². The minimum atomic E-state index is -0.239. The molecule has 56 heavy (non-hydrogen) atoms. The lowest BCUT2D eigenvalue weighted by atomic mass is 10.0. The molecule has 1 N–H and O–H groups in total. The third kappa shape index (κ3) is 40.1. The molecule has 0 bridgehead atoms. The summed E-state index contributed by atoms with van der Waals surface area (Å²) in [6, 6.07) is 0. The Hall–Kier alpha value is -2.12. The van der Waals surface area contributed by atoms with Crippen molar-refractivity contribution in [2.75, 3.05) is 32.8 Å². The lowest BCUT2D eigenvalue weighted by molar-refractivity contribution is -0.147. The molecule has 0 atom stereocenters. The van der Waals surface area contributed by atoms with Gasteiger partial charge in [-0.05, 0) is 19.3 Å². The van der Waals surface area contributed by atoms with Gasteiger partial charge in [-0.2, -0.15) is 0 Å². The zero-order chi connectivity index (χ0) is 41.0. The molecule has 0 aliphatic rings. The van der Waals surface area contributed by atoms with Crippen molar-refractivity contribution in [3.63, 3.8) is 0 Å². The summed E-state index contributed by atoms with van der Waals surface area (Å²) in [5.74, 6) is -0.821. The molecule has 8 nitrogen and oxygen atoms in total. The summed E-state index contributed by atoms with van der Waals surface area (Å²) in [6.45, 7) is 7.84. The Kier molecular flexibility index (Phi) is 42.3. The smallest absolute Gasteiger partial charge is 0.305 e. The minimum Gasteiger partial charge on any atom is -0.464 e. The maximum Gasteiger partial charge on any atom is 0.305 e. The van der Waals surface area contributed by atoms with Gasteiger partial charge in [0.15, 0.2) is 0 Å². The Morgan fingerprint density at radius 3 is 1.00 bits per heavy atom. The van der Waals surface area contributed by atoms with E-state index in [-0.39, 0.29) is 62.9 Å². The van der Waals surface area contributed by atoms with Crippen molar-refractivity contribution in [1.29, 1.82) is 0 Å². The third-order valence-corrected chi connectivity index (χ3v) is 11.0. The maximum absolute atomic E-state index is 13.1. The average molecular weight is 793 g/mol. The van der Waals surface area contributed by atoms with Crippen molar-refractivity contribution in [2.45, 2.75) is 252 Å². The van der Waals surface area contributed by atoms with Gasteiger partial charge in [-0.3, -0.25) is 19.2 Å². The topological polar surface area (TPSA) is 102 Å². The molecular weight excluding hydrogens is 701 g/mol. The van der Waals surface area contributed by atoms with E-state index >= 15 is 0 Å². The molecule has 0 radical (unpaired) electrons. The molecule has 330 valence electrons. The molecule has 0 spiro atoms. The van der Waals surface area contributed by atoms with Gasteiger partial charge in [-0.15, -0.1) is 0 Å². The van der Waals surface area contributed by atoms with Gasteiger partial charge >= 0.3 is 11.9 Å². The summed E-state index contributed by atoms with van der Waals surface area (Å²) < 4.78 is 11.0. The molecule has 0 aromatic heterocycles. The van der Waals surface area contributed by atoms with Crippen LogP contribution in [0.15, 0.2) is 0 Å². The Morgan fingerprint density at radius 1 is 0.375 bits per heavy atom. The Labute approximate surface area is 346 Å². The van der Waals surface area contributed by atoms with Crippen LogP contribution in [0.1, 0.15) is 252 Å². The van der Waals surface area contributed by atoms with Crippen molar-refractivity contribution in [2.24, 2.45) is 0 Å². The molecule has 0 fully saturated rings. The second-order valence-corrected chi connectivity index (χ2v) is 16.4. The minimum absolute atomic E-state index is 0.0676. The maximum atomic E-state index is 13.1. The molecule has 0 aliphatic heterocycles. The fraction of sp³-hybridized carbons (Fsp3) is 0.917. The average Bonchev–Trinajstić information content (AvgIpc) is 3.19. The lowest BCUT2D eigenvalue weighted by Gasteiger charge is -2.22. The number of ether oxygens (including phenoxy) is 2. The zero-order valence-electron chi connectivity index (χ0n) is 37.4. The number of rotatable bonds is 44. The third-order valence-electron chi connectivity index (χ3n) is 11.0. The SMILES string of the molecule is CCCCCCCCCCCCCCCCCC(=O)OCCN(CCOC(=O)CCCCCCCCCCCCCCCCC)C(=O)CCC(=O)NCCCC. The summed E-state index contributed by atoms with van der Waals surface area (Å²) in [5, 5.41) is 2.85. The van der Waals surface area contributed by atoms with Gasteiger partial charge in [-0.1, -0.05) is 207 Å². The van der Waals surface area contributed by atoms with E-state index < -0.39 is 0 Å². The van der Waals surface area contributed by atoms with Crippen molar-refractivity contribution in [3.8, 4) is 0 Å². The molecule has 0 unspecified atom stereocenters. The largest absolute Gasteiger partial charge is 0.464 e. The number of hydrogen-bond acceptors (Lipinski definition) is 6. The van der Waals surface area contributed by atoms with Crippen LogP contribution in [-0.2, 0) is 28.7 Å². The first-order valence-electron chi connectivity index (χ1n) is 24.3. The Morgan fingerprint density at radius 2 is 0.679 bits per heavy atom. The van der Waals surface area contributed by atoms with Gasteiger partial charge < -0.3 is 19.7 Å². The second-order valence-electron chi connectivity index (χ2n) is 16.4. The summed E-state index contributed by atoms with van der Waals surface area (Å²) >= 11 is 0. The van der Waals surface area contributed by atoms with Gasteiger partial charge in [0.05, 0.1) is 13.1 Å². The fourth-order valence-electron chi connectivity index (χ4n) is 7.20. The highest BCUT2D eigenvalue weighted by atomic mass is 16.5. The normalized spacial score (nSPS) is 11.1. The second kappa shape index (κ2) is 44.0. The van der Waals surface area contributed by atoms with Crippen molar-refractivity contribution >= 4 is 23.8 Å². The van der Waals surface area contributed by atoms with Crippen LogP contribution >= 0.6 is 0 Å². The molecule has 8 heteroatoms. The molecule has 0 aromatic rings. The molecule has 0 heterocycles.